The Morgan fingerprint density at radius 1 is 1.08 bits per heavy atom. The van der Waals surface area contributed by atoms with E-state index in [-0.39, 0.29) is 11.6 Å². The number of benzene rings is 2. The zero-order valence-corrected chi connectivity index (χ0v) is 14.7. The van der Waals surface area contributed by atoms with E-state index in [0.29, 0.717) is 22.0 Å². The van der Waals surface area contributed by atoms with Crippen LogP contribution in [0.2, 0.25) is 0 Å². The second-order valence-corrected chi connectivity index (χ2v) is 7.04. The predicted molar refractivity (Wildman–Crippen MR) is 100 cm³/mol. The molecule has 4 aromatic rings. The summed E-state index contributed by atoms with van der Waals surface area (Å²) in [5.74, 6) is 0.453. The number of hydrogen-bond donors (Lipinski definition) is 2. The molecule has 7 heteroatoms. The molecule has 0 aliphatic heterocycles. The van der Waals surface area contributed by atoms with Crippen LogP contribution in [-0.4, -0.2) is 20.1 Å². The quantitative estimate of drug-likeness (QED) is 0.562. The van der Waals surface area contributed by atoms with Crippen molar-refractivity contribution in [2.24, 2.45) is 0 Å². The number of nitrogens with one attached hydrogen (secondary N) is 1. The van der Waals surface area contributed by atoms with E-state index >= 15 is 0 Å². The minimum absolute atomic E-state index is 0.242. The van der Waals surface area contributed by atoms with Crippen LogP contribution in [0.25, 0.3) is 10.9 Å². The molecule has 0 saturated heterocycles. The third-order valence-corrected chi connectivity index (χ3v) is 4.73. The van der Waals surface area contributed by atoms with E-state index < -0.39 is 6.10 Å². The highest BCUT2D eigenvalue weighted by molar-refractivity contribution is 7.15. The van der Waals surface area contributed by atoms with Gasteiger partial charge < -0.3 is 10.4 Å². The first-order chi connectivity index (χ1) is 12.6. The summed E-state index contributed by atoms with van der Waals surface area (Å²) in [6, 6.07) is 13.2. The molecule has 26 heavy (non-hydrogen) atoms. The number of fused-ring (bicyclic) bond motifs is 1. The maximum atomic E-state index is 13.1. The highest BCUT2D eigenvalue weighted by Gasteiger charge is 2.17. The fourth-order valence-corrected chi connectivity index (χ4v) is 3.28. The third-order valence-electron chi connectivity index (χ3n) is 3.90. The number of aliphatic hydroxyl groups is 1. The maximum Gasteiger partial charge on any atom is 0.188 e. The summed E-state index contributed by atoms with van der Waals surface area (Å²) >= 11 is 1.52. The molecule has 2 N–H and O–H groups in total. The molecule has 1 unspecified atom stereocenters. The number of aliphatic hydroxyl groups excluding tert-OH is 1. The van der Waals surface area contributed by atoms with Crippen molar-refractivity contribution in [3.05, 3.63) is 76.8 Å². The second kappa shape index (κ2) is 6.78. The first-order valence-corrected chi connectivity index (χ1v) is 8.81. The smallest absolute Gasteiger partial charge is 0.188 e. The van der Waals surface area contributed by atoms with Crippen molar-refractivity contribution in [3.63, 3.8) is 0 Å². The number of nitrogens with zero attached hydrogens (tertiary/aromatic N) is 3. The molecule has 0 radical (unpaired) electrons. The van der Waals surface area contributed by atoms with Gasteiger partial charge in [-0.1, -0.05) is 24.3 Å². The Kier molecular flexibility index (Phi) is 4.32. The van der Waals surface area contributed by atoms with Crippen molar-refractivity contribution < 1.29 is 9.50 Å². The topological polar surface area (TPSA) is 70.9 Å². The van der Waals surface area contributed by atoms with Crippen LogP contribution in [0, 0.1) is 12.7 Å². The van der Waals surface area contributed by atoms with Gasteiger partial charge in [0.05, 0.1) is 5.52 Å². The van der Waals surface area contributed by atoms with Crippen LogP contribution >= 0.6 is 11.3 Å². The second-order valence-electron chi connectivity index (χ2n) is 5.80. The Morgan fingerprint density at radius 3 is 2.58 bits per heavy atom. The summed E-state index contributed by atoms with van der Waals surface area (Å²) in [5, 5.41) is 15.4. The lowest BCUT2D eigenvalue weighted by Crippen LogP contribution is -2.08. The summed E-state index contributed by atoms with van der Waals surface area (Å²) in [7, 11) is 0. The maximum absolute atomic E-state index is 13.1. The molecule has 0 bridgehead atoms. The predicted octanol–water partition coefficient (Wildman–Crippen LogP) is 4.36. The molecule has 4 rings (SSSR count). The highest BCUT2D eigenvalue weighted by Crippen LogP contribution is 2.29. The van der Waals surface area contributed by atoms with Gasteiger partial charge in [-0.15, -0.1) is 11.3 Å². The Bertz CT molecular complexity index is 1060. The SMILES string of the molecule is Cc1cnc(Nc2nc(C(O)c3ccc(F)cc3)nc3ccccc23)s1. The van der Waals surface area contributed by atoms with Gasteiger partial charge in [-0.3, -0.25) is 0 Å². The van der Waals surface area contributed by atoms with Gasteiger partial charge in [0, 0.05) is 16.5 Å². The standard InChI is InChI=1S/C19H15FN4OS/c1-11-10-21-19(26-11)24-17-14-4-2-3-5-15(14)22-18(23-17)16(25)12-6-8-13(20)9-7-12/h2-10,16,25H,1H3,(H,21,22,23,24). The van der Waals surface area contributed by atoms with E-state index in [9.17, 15) is 9.50 Å². The number of aryl methyl sites for hydroxylation is 1. The van der Waals surface area contributed by atoms with Gasteiger partial charge in [-0.05, 0) is 36.8 Å². The van der Waals surface area contributed by atoms with Gasteiger partial charge in [0.25, 0.3) is 0 Å². The number of para-hydroxylation sites is 1. The van der Waals surface area contributed by atoms with E-state index in [0.717, 1.165) is 10.3 Å². The molecule has 5 nitrogen and oxygen atoms in total. The van der Waals surface area contributed by atoms with Crippen LogP contribution in [0.5, 0.6) is 0 Å². The van der Waals surface area contributed by atoms with E-state index in [1.54, 1.807) is 6.20 Å². The number of hydrogen-bond acceptors (Lipinski definition) is 6. The molecule has 2 aromatic heterocycles. The first kappa shape index (κ1) is 16.6. The molecular formula is C19H15FN4OS. The summed E-state index contributed by atoms with van der Waals surface area (Å²) in [5.41, 5.74) is 1.23. The van der Waals surface area contributed by atoms with Gasteiger partial charge in [0.15, 0.2) is 11.0 Å². The third kappa shape index (κ3) is 3.26. The molecular weight excluding hydrogens is 351 g/mol. The average molecular weight is 366 g/mol. The number of aromatic nitrogens is 3. The zero-order chi connectivity index (χ0) is 18.1. The van der Waals surface area contributed by atoms with E-state index in [4.69, 9.17) is 0 Å². The highest BCUT2D eigenvalue weighted by atomic mass is 32.1. The molecule has 130 valence electrons. The normalized spacial score (nSPS) is 12.3. The van der Waals surface area contributed by atoms with Crippen molar-refractivity contribution in [3.8, 4) is 0 Å². The summed E-state index contributed by atoms with van der Waals surface area (Å²) in [6.45, 7) is 1.98. The monoisotopic (exact) mass is 366 g/mol. The van der Waals surface area contributed by atoms with Crippen molar-refractivity contribution in [1.29, 1.82) is 0 Å². The minimum atomic E-state index is -1.06. The minimum Gasteiger partial charge on any atom is -0.380 e. The van der Waals surface area contributed by atoms with Crippen LogP contribution in [0.1, 0.15) is 22.4 Å². The summed E-state index contributed by atoms with van der Waals surface area (Å²) < 4.78 is 13.1. The molecule has 0 saturated carbocycles. The first-order valence-electron chi connectivity index (χ1n) is 8.00. The largest absolute Gasteiger partial charge is 0.380 e. The van der Waals surface area contributed by atoms with Gasteiger partial charge in [0.1, 0.15) is 17.7 Å². The van der Waals surface area contributed by atoms with Crippen molar-refractivity contribution in [2.75, 3.05) is 5.32 Å². The van der Waals surface area contributed by atoms with Gasteiger partial charge in [-0.25, -0.2) is 19.3 Å². The zero-order valence-electron chi connectivity index (χ0n) is 13.8. The van der Waals surface area contributed by atoms with Crippen molar-refractivity contribution in [2.45, 2.75) is 13.0 Å². The Balaban J connectivity index is 1.79. The summed E-state index contributed by atoms with van der Waals surface area (Å²) in [6.07, 6.45) is 0.726. The van der Waals surface area contributed by atoms with E-state index in [1.165, 1.54) is 35.6 Å². The van der Waals surface area contributed by atoms with Crippen LogP contribution < -0.4 is 5.32 Å². The van der Waals surface area contributed by atoms with Crippen LogP contribution in [-0.2, 0) is 0 Å². The van der Waals surface area contributed by atoms with Crippen molar-refractivity contribution in [1.82, 2.24) is 15.0 Å². The number of rotatable bonds is 4. The lowest BCUT2D eigenvalue weighted by molar-refractivity contribution is 0.210. The number of anilines is 2. The summed E-state index contributed by atoms with van der Waals surface area (Å²) in [4.78, 5) is 14.4. The van der Waals surface area contributed by atoms with Crippen molar-refractivity contribution >= 4 is 33.2 Å². The van der Waals surface area contributed by atoms with Crippen LogP contribution in [0.15, 0.2) is 54.7 Å². The molecule has 0 aliphatic carbocycles. The number of halogens is 1. The Hall–Kier alpha value is -2.90. The average Bonchev–Trinajstić information content (AvgIpc) is 3.06. The molecule has 2 heterocycles. The Labute approximate surface area is 153 Å². The Morgan fingerprint density at radius 2 is 1.85 bits per heavy atom. The molecule has 0 aliphatic rings. The molecule has 0 spiro atoms. The number of thiazole rings is 1. The van der Waals surface area contributed by atoms with Crippen LogP contribution in [0.4, 0.5) is 15.3 Å². The van der Waals surface area contributed by atoms with Gasteiger partial charge in [0.2, 0.25) is 0 Å². The lowest BCUT2D eigenvalue weighted by atomic mass is 10.1. The molecule has 1 atom stereocenters. The molecule has 2 aromatic carbocycles. The van der Waals surface area contributed by atoms with Gasteiger partial charge >= 0.3 is 0 Å². The fraction of sp³-hybridized carbons (Fsp3) is 0.105. The molecule has 0 amide bonds. The van der Waals surface area contributed by atoms with Gasteiger partial charge in [-0.2, -0.15) is 0 Å². The van der Waals surface area contributed by atoms with E-state index in [2.05, 4.69) is 20.3 Å². The lowest BCUT2D eigenvalue weighted by Gasteiger charge is -2.13. The molecule has 0 fully saturated rings. The fourth-order valence-electron chi connectivity index (χ4n) is 2.62. The van der Waals surface area contributed by atoms with Crippen LogP contribution in [0.3, 0.4) is 0 Å². The van der Waals surface area contributed by atoms with E-state index in [1.807, 2.05) is 31.2 Å².